The van der Waals surface area contributed by atoms with Crippen LogP contribution in [0.25, 0.3) is 0 Å². The van der Waals surface area contributed by atoms with Gasteiger partial charge >= 0.3 is 0 Å². The molecule has 0 atom stereocenters. The fraction of sp³-hybridized carbons (Fsp3) is 0.280. The van der Waals surface area contributed by atoms with Gasteiger partial charge in [0, 0.05) is 12.8 Å². The third-order valence-corrected chi connectivity index (χ3v) is 4.81. The summed E-state index contributed by atoms with van der Waals surface area (Å²) in [6.07, 6.45) is 0.947. The largest absolute Gasteiger partial charge is 0.457 e. The van der Waals surface area contributed by atoms with Crippen LogP contribution in [0.2, 0.25) is 0 Å². The molecule has 162 valence electrons. The van der Waals surface area contributed by atoms with Crippen LogP contribution in [0.4, 0.5) is 11.5 Å². The van der Waals surface area contributed by atoms with Crippen molar-refractivity contribution in [2.24, 2.45) is 5.92 Å². The number of ether oxygens (including phenoxy) is 2. The Hall–Kier alpha value is -3.38. The maximum atomic E-state index is 12.7. The predicted octanol–water partition coefficient (Wildman–Crippen LogP) is 5.36. The number of hydrogen-bond acceptors (Lipinski definition) is 5. The van der Waals surface area contributed by atoms with E-state index in [1.165, 1.54) is 5.56 Å². The Morgan fingerprint density at radius 2 is 1.84 bits per heavy atom. The smallest absolute Gasteiger partial charge is 0.259 e. The van der Waals surface area contributed by atoms with Gasteiger partial charge in [-0.2, -0.15) is 0 Å². The Balaban J connectivity index is 1.70. The first-order valence-corrected chi connectivity index (χ1v) is 10.3. The van der Waals surface area contributed by atoms with Gasteiger partial charge in [-0.15, -0.1) is 0 Å². The number of amides is 1. The molecule has 2 aromatic carbocycles. The number of aryl methyl sites for hydroxylation is 1. The van der Waals surface area contributed by atoms with E-state index in [4.69, 9.17) is 15.2 Å². The minimum absolute atomic E-state index is 0.178. The molecule has 6 nitrogen and oxygen atoms in total. The van der Waals surface area contributed by atoms with E-state index in [-0.39, 0.29) is 11.7 Å². The Kier molecular flexibility index (Phi) is 7.26. The Morgan fingerprint density at radius 1 is 1.13 bits per heavy atom. The monoisotopic (exact) mass is 419 g/mol. The van der Waals surface area contributed by atoms with E-state index in [0.717, 1.165) is 23.4 Å². The lowest BCUT2D eigenvalue weighted by Crippen LogP contribution is -2.16. The van der Waals surface area contributed by atoms with Gasteiger partial charge in [0.15, 0.2) is 0 Å². The molecule has 3 aromatic rings. The topological polar surface area (TPSA) is 86.5 Å². The number of nitrogens with one attached hydrogen (secondary N) is 1. The predicted molar refractivity (Wildman–Crippen MR) is 124 cm³/mol. The number of para-hydroxylation sites is 1. The van der Waals surface area contributed by atoms with Crippen LogP contribution < -0.4 is 15.8 Å². The number of nitrogens with two attached hydrogens (primary N) is 1. The molecule has 1 aromatic heterocycles. The van der Waals surface area contributed by atoms with Crippen LogP contribution in [0.1, 0.15) is 41.0 Å². The third kappa shape index (κ3) is 5.83. The maximum absolute atomic E-state index is 12.7. The number of carbonyl (C=O) groups is 1. The first kappa shape index (κ1) is 22.3. The molecule has 3 N–H and O–H groups in total. The fourth-order valence-electron chi connectivity index (χ4n) is 3.28. The molecule has 0 aliphatic carbocycles. The first-order valence-electron chi connectivity index (χ1n) is 10.3. The number of rotatable bonds is 8. The molecule has 0 unspecified atom stereocenters. The zero-order chi connectivity index (χ0) is 22.4. The lowest BCUT2D eigenvalue weighted by Gasteiger charge is -2.13. The summed E-state index contributed by atoms with van der Waals surface area (Å²) >= 11 is 0. The summed E-state index contributed by atoms with van der Waals surface area (Å²) in [7, 11) is 1.59. The molecule has 1 amide bonds. The highest BCUT2D eigenvalue weighted by Gasteiger charge is 2.14. The van der Waals surface area contributed by atoms with Crippen molar-refractivity contribution in [3.63, 3.8) is 0 Å². The highest BCUT2D eigenvalue weighted by molar-refractivity contribution is 6.07. The number of nitrogens with zero attached hydrogens (tertiary/aromatic N) is 1. The zero-order valence-electron chi connectivity index (χ0n) is 18.4. The van der Waals surface area contributed by atoms with Gasteiger partial charge in [-0.25, -0.2) is 4.98 Å². The summed E-state index contributed by atoms with van der Waals surface area (Å²) < 4.78 is 11.2. The standard InChI is InChI=1S/C25H29N3O3/c1-16(2)13-18-7-5-6-8-23(18)31-20-11-9-19(10-12-20)27-25(29)21-14-17(3)22(15-30-4)28-24(21)26/h5-12,14,16H,13,15H2,1-4H3,(H2,26,28)(H,27,29). The van der Waals surface area contributed by atoms with Crippen LogP contribution in [-0.2, 0) is 17.8 Å². The summed E-state index contributed by atoms with van der Waals surface area (Å²) in [6.45, 7) is 6.59. The molecule has 0 radical (unpaired) electrons. The molecule has 1 heterocycles. The summed E-state index contributed by atoms with van der Waals surface area (Å²) in [4.78, 5) is 17.0. The Morgan fingerprint density at radius 3 is 2.52 bits per heavy atom. The second-order valence-corrected chi connectivity index (χ2v) is 7.90. The number of aromatic nitrogens is 1. The van der Waals surface area contributed by atoms with Crippen molar-refractivity contribution < 1.29 is 14.3 Å². The average Bonchev–Trinajstić information content (AvgIpc) is 2.73. The molecule has 0 fully saturated rings. The third-order valence-electron chi connectivity index (χ3n) is 4.81. The zero-order valence-corrected chi connectivity index (χ0v) is 18.4. The summed E-state index contributed by atoms with van der Waals surface area (Å²) in [6, 6.07) is 17.0. The molecule has 6 heteroatoms. The van der Waals surface area contributed by atoms with Crippen molar-refractivity contribution in [2.45, 2.75) is 33.8 Å². The molecular weight excluding hydrogens is 390 g/mol. The minimum Gasteiger partial charge on any atom is -0.457 e. The van der Waals surface area contributed by atoms with E-state index in [1.54, 1.807) is 25.3 Å². The SMILES string of the molecule is COCc1nc(N)c(C(=O)Nc2ccc(Oc3ccccc3CC(C)C)cc2)cc1C. The van der Waals surface area contributed by atoms with Crippen molar-refractivity contribution in [1.29, 1.82) is 0 Å². The van der Waals surface area contributed by atoms with Gasteiger partial charge in [-0.3, -0.25) is 4.79 Å². The fourth-order valence-corrected chi connectivity index (χ4v) is 3.28. The maximum Gasteiger partial charge on any atom is 0.259 e. The van der Waals surface area contributed by atoms with Gasteiger partial charge in [0.25, 0.3) is 5.91 Å². The van der Waals surface area contributed by atoms with Crippen molar-refractivity contribution in [3.05, 3.63) is 77.0 Å². The summed E-state index contributed by atoms with van der Waals surface area (Å²) in [5.74, 6) is 1.95. The van der Waals surface area contributed by atoms with E-state index in [0.29, 0.717) is 29.5 Å². The van der Waals surface area contributed by atoms with E-state index in [9.17, 15) is 4.79 Å². The molecular formula is C25H29N3O3. The highest BCUT2D eigenvalue weighted by Crippen LogP contribution is 2.28. The number of anilines is 2. The van der Waals surface area contributed by atoms with Crippen LogP contribution in [0.5, 0.6) is 11.5 Å². The van der Waals surface area contributed by atoms with Gasteiger partial charge in [0.2, 0.25) is 0 Å². The van der Waals surface area contributed by atoms with E-state index < -0.39 is 0 Å². The molecule has 0 saturated heterocycles. The van der Waals surface area contributed by atoms with Crippen molar-refractivity contribution in [2.75, 3.05) is 18.2 Å². The minimum atomic E-state index is -0.312. The lowest BCUT2D eigenvalue weighted by atomic mass is 10.0. The number of nitrogen functional groups attached to an aromatic ring is 1. The molecule has 0 aliphatic heterocycles. The molecule has 3 rings (SSSR count). The van der Waals surface area contributed by atoms with Gasteiger partial charge in [-0.1, -0.05) is 32.0 Å². The van der Waals surface area contributed by atoms with E-state index in [2.05, 4.69) is 30.2 Å². The highest BCUT2D eigenvalue weighted by atomic mass is 16.5. The molecule has 0 spiro atoms. The normalized spacial score (nSPS) is 10.9. The second-order valence-electron chi connectivity index (χ2n) is 7.90. The van der Waals surface area contributed by atoms with Gasteiger partial charge in [0.1, 0.15) is 17.3 Å². The Bertz CT molecular complexity index is 1050. The van der Waals surface area contributed by atoms with Gasteiger partial charge in [0.05, 0.1) is 17.9 Å². The van der Waals surface area contributed by atoms with Crippen molar-refractivity contribution >= 4 is 17.4 Å². The lowest BCUT2D eigenvalue weighted by molar-refractivity contribution is 0.102. The van der Waals surface area contributed by atoms with Gasteiger partial charge in [-0.05, 0) is 66.8 Å². The van der Waals surface area contributed by atoms with Crippen molar-refractivity contribution in [3.8, 4) is 11.5 Å². The van der Waals surface area contributed by atoms with E-state index >= 15 is 0 Å². The van der Waals surface area contributed by atoms with Gasteiger partial charge < -0.3 is 20.5 Å². The quantitative estimate of drug-likeness (QED) is 0.513. The number of benzene rings is 2. The summed E-state index contributed by atoms with van der Waals surface area (Å²) in [5.41, 5.74) is 9.71. The first-order chi connectivity index (χ1) is 14.9. The number of pyridine rings is 1. The van der Waals surface area contributed by atoms with Crippen molar-refractivity contribution in [1.82, 2.24) is 4.98 Å². The molecule has 31 heavy (non-hydrogen) atoms. The van der Waals surface area contributed by atoms with Crippen LogP contribution in [0.15, 0.2) is 54.6 Å². The van der Waals surface area contributed by atoms with E-state index in [1.807, 2.05) is 37.3 Å². The average molecular weight is 420 g/mol. The number of hydrogen-bond donors (Lipinski definition) is 2. The molecule has 0 bridgehead atoms. The number of carbonyl (C=O) groups excluding carboxylic acids is 1. The summed E-state index contributed by atoms with van der Waals surface area (Å²) in [5, 5.41) is 2.86. The molecule has 0 saturated carbocycles. The van der Waals surface area contributed by atoms with Crippen LogP contribution >= 0.6 is 0 Å². The second kappa shape index (κ2) is 10.1. The van der Waals surface area contributed by atoms with Crippen LogP contribution in [0.3, 0.4) is 0 Å². The number of methoxy groups -OCH3 is 1. The van der Waals surface area contributed by atoms with Crippen LogP contribution in [0, 0.1) is 12.8 Å². The molecule has 0 aliphatic rings. The Labute approximate surface area is 183 Å². The van der Waals surface area contributed by atoms with Crippen LogP contribution in [-0.4, -0.2) is 18.0 Å².